The molecule has 0 fully saturated rings. The summed E-state index contributed by atoms with van der Waals surface area (Å²) in [5, 5.41) is 2.62. The van der Waals surface area contributed by atoms with Crippen LogP contribution in [0.15, 0.2) is 59.6 Å². The van der Waals surface area contributed by atoms with Crippen molar-refractivity contribution in [3.63, 3.8) is 0 Å². The molecule has 1 amide bonds. The van der Waals surface area contributed by atoms with Gasteiger partial charge >= 0.3 is 0 Å². The molecule has 0 bridgehead atoms. The minimum atomic E-state index is -0.342. The van der Waals surface area contributed by atoms with Crippen LogP contribution in [0.3, 0.4) is 0 Å². The highest BCUT2D eigenvalue weighted by atomic mass is 35.5. The first-order valence-corrected chi connectivity index (χ1v) is 9.18. The van der Waals surface area contributed by atoms with Crippen molar-refractivity contribution in [2.24, 2.45) is 12.0 Å². The zero-order valence-corrected chi connectivity index (χ0v) is 15.8. The minimum absolute atomic E-state index is 0.342. The zero-order valence-electron chi connectivity index (χ0n) is 14.2. The second-order valence-corrected chi connectivity index (χ2v) is 7.26. The lowest BCUT2D eigenvalue weighted by molar-refractivity contribution is 0.0995. The number of hydrogen-bond donors (Lipinski definition) is 0. The van der Waals surface area contributed by atoms with E-state index >= 15 is 0 Å². The number of ether oxygens (including phenoxy) is 1. The molecule has 4 aromatic rings. The van der Waals surface area contributed by atoms with E-state index in [0.29, 0.717) is 21.1 Å². The predicted octanol–water partition coefficient (Wildman–Crippen LogP) is 4.80. The van der Waals surface area contributed by atoms with Crippen LogP contribution in [0.25, 0.3) is 21.0 Å². The molecule has 0 radical (unpaired) electrons. The van der Waals surface area contributed by atoms with Crippen LogP contribution in [0.2, 0.25) is 5.02 Å². The number of carbonyl (C=O) groups is 1. The number of nitrogens with zero attached hydrogens (tertiary/aromatic N) is 2. The highest BCUT2D eigenvalue weighted by Crippen LogP contribution is 2.27. The summed E-state index contributed by atoms with van der Waals surface area (Å²) < 4.78 is 8.24. The summed E-state index contributed by atoms with van der Waals surface area (Å²) in [6.45, 7) is 0. The van der Waals surface area contributed by atoms with E-state index in [1.165, 1.54) is 11.3 Å². The van der Waals surface area contributed by atoms with Gasteiger partial charge in [-0.3, -0.25) is 4.79 Å². The molecule has 3 aromatic carbocycles. The summed E-state index contributed by atoms with van der Waals surface area (Å²) in [7, 11) is 3.41. The predicted molar refractivity (Wildman–Crippen MR) is 106 cm³/mol. The Morgan fingerprint density at radius 2 is 1.85 bits per heavy atom. The molecule has 0 aliphatic carbocycles. The molecule has 0 aliphatic rings. The number of thiazole rings is 1. The fraction of sp³-hybridized carbons (Fsp3) is 0.100. The first kappa shape index (κ1) is 16.8. The fourth-order valence-corrected chi connectivity index (χ4v) is 4.37. The number of halogens is 1. The van der Waals surface area contributed by atoms with Gasteiger partial charge in [0.05, 0.1) is 27.9 Å². The topological polar surface area (TPSA) is 43.6 Å². The van der Waals surface area contributed by atoms with Crippen LogP contribution in [0.1, 0.15) is 10.4 Å². The maximum absolute atomic E-state index is 12.9. The molecule has 26 heavy (non-hydrogen) atoms. The van der Waals surface area contributed by atoms with Gasteiger partial charge in [0.2, 0.25) is 0 Å². The number of amides is 1. The van der Waals surface area contributed by atoms with Crippen LogP contribution in [-0.2, 0) is 7.05 Å². The van der Waals surface area contributed by atoms with E-state index in [0.717, 1.165) is 21.0 Å². The number of carbonyl (C=O) groups excluding carboxylic acids is 1. The van der Waals surface area contributed by atoms with Crippen LogP contribution in [0.4, 0.5) is 0 Å². The molecule has 0 saturated heterocycles. The van der Waals surface area contributed by atoms with Crippen LogP contribution in [-0.4, -0.2) is 17.6 Å². The van der Waals surface area contributed by atoms with E-state index in [9.17, 15) is 4.79 Å². The van der Waals surface area contributed by atoms with Crippen molar-refractivity contribution < 1.29 is 9.53 Å². The average Bonchev–Trinajstić information content (AvgIpc) is 2.97. The molecule has 0 N–H and O–H groups in total. The van der Waals surface area contributed by atoms with E-state index in [1.54, 1.807) is 7.11 Å². The van der Waals surface area contributed by atoms with Crippen molar-refractivity contribution in [3.05, 3.63) is 70.0 Å². The summed E-state index contributed by atoms with van der Waals surface area (Å²) in [6.07, 6.45) is 0. The van der Waals surface area contributed by atoms with Gasteiger partial charge in [-0.1, -0.05) is 53.3 Å². The summed E-state index contributed by atoms with van der Waals surface area (Å²) >= 11 is 7.71. The van der Waals surface area contributed by atoms with Gasteiger partial charge in [0.1, 0.15) is 5.75 Å². The van der Waals surface area contributed by atoms with Crippen molar-refractivity contribution in [2.45, 2.75) is 0 Å². The Morgan fingerprint density at radius 3 is 2.54 bits per heavy atom. The molecule has 0 saturated carbocycles. The summed E-state index contributed by atoms with van der Waals surface area (Å²) in [5.74, 6) is 0.171. The number of aryl methyl sites for hydroxylation is 1. The molecule has 6 heteroatoms. The Morgan fingerprint density at radius 1 is 1.12 bits per heavy atom. The Hall–Kier alpha value is -2.63. The molecular weight excluding hydrogens is 368 g/mol. The first-order valence-electron chi connectivity index (χ1n) is 7.98. The monoisotopic (exact) mass is 382 g/mol. The molecule has 4 rings (SSSR count). The molecular formula is C20H15ClN2O2S. The second-order valence-electron chi connectivity index (χ2n) is 5.85. The van der Waals surface area contributed by atoms with Crippen LogP contribution >= 0.6 is 22.9 Å². The smallest absolute Gasteiger partial charge is 0.283 e. The number of rotatable bonds is 2. The fourth-order valence-electron chi connectivity index (χ4n) is 2.97. The van der Waals surface area contributed by atoms with Crippen molar-refractivity contribution in [1.82, 2.24) is 4.57 Å². The van der Waals surface area contributed by atoms with Gasteiger partial charge in [-0.15, -0.1) is 0 Å². The molecule has 1 aromatic heterocycles. The molecule has 1 heterocycles. The van der Waals surface area contributed by atoms with Gasteiger partial charge in [0.25, 0.3) is 5.91 Å². The summed E-state index contributed by atoms with van der Waals surface area (Å²) in [4.78, 5) is 17.8. The summed E-state index contributed by atoms with van der Waals surface area (Å²) in [5.41, 5.74) is 1.31. The Balaban J connectivity index is 1.89. The van der Waals surface area contributed by atoms with E-state index in [-0.39, 0.29) is 5.91 Å². The number of benzene rings is 3. The highest BCUT2D eigenvalue weighted by Gasteiger charge is 2.14. The minimum Gasteiger partial charge on any atom is -0.496 e. The summed E-state index contributed by atoms with van der Waals surface area (Å²) in [6, 6.07) is 17.2. The molecule has 0 aliphatic heterocycles. The molecule has 0 spiro atoms. The van der Waals surface area contributed by atoms with Gasteiger partial charge < -0.3 is 9.30 Å². The molecule has 0 unspecified atom stereocenters. The highest BCUT2D eigenvalue weighted by molar-refractivity contribution is 7.16. The van der Waals surface area contributed by atoms with Gasteiger partial charge in [-0.2, -0.15) is 4.99 Å². The van der Waals surface area contributed by atoms with Gasteiger partial charge in [-0.25, -0.2) is 0 Å². The van der Waals surface area contributed by atoms with Gasteiger partial charge in [0, 0.05) is 7.05 Å². The molecule has 4 nitrogen and oxygen atoms in total. The second kappa shape index (κ2) is 6.59. The average molecular weight is 383 g/mol. The van der Waals surface area contributed by atoms with Gasteiger partial charge in [0.15, 0.2) is 4.80 Å². The van der Waals surface area contributed by atoms with Crippen LogP contribution in [0.5, 0.6) is 5.75 Å². The SMILES string of the molecule is COc1cc2ccccc2cc1C(=O)N=c1sc2cccc(Cl)c2n1C. The first-order chi connectivity index (χ1) is 12.6. The quantitative estimate of drug-likeness (QED) is 0.500. The lowest BCUT2D eigenvalue weighted by Gasteiger charge is -2.07. The van der Waals surface area contributed by atoms with Crippen molar-refractivity contribution >= 4 is 49.8 Å². The Bertz CT molecular complexity index is 1220. The van der Waals surface area contributed by atoms with Gasteiger partial charge in [-0.05, 0) is 35.0 Å². The third-order valence-electron chi connectivity index (χ3n) is 4.27. The van der Waals surface area contributed by atoms with Crippen molar-refractivity contribution in [1.29, 1.82) is 0 Å². The van der Waals surface area contributed by atoms with Crippen LogP contribution < -0.4 is 9.54 Å². The van der Waals surface area contributed by atoms with E-state index in [2.05, 4.69) is 4.99 Å². The standard InChI is InChI=1S/C20H15ClN2O2S/c1-23-18-15(21)8-5-9-17(18)26-20(23)22-19(24)14-10-12-6-3-4-7-13(12)11-16(14)25-2/h3-11H,1-2H3. The lowest BCUT2D eigenvalue weighted by atomic mass is 10.1. The lowest BCUT2D eigenvalue weighted by Crippen LogP contribution is -2.14. The Labute approximate surface area is 158 Å². The Kier molecular flexibility index (Phi) is 4.26. The maximum Gasteiger partial charge on any atom is 0.283 e. The van der Waals surface area contributed by atoms with E-state index in [4.69, 9.17) is 16.3 Å². The number of methoxy groups -OCH3 is 1. The molecule has 130 valence electrons. The normalized spacial score (nSPS) is 12.0. The number of hydrogen-bond acceptors (Lipinski definition) is 3. The number of fused-ring (bicyclic) bond motifs is 2. The maximum atomic E-state index is 12.9. The molecule has 0 atom stereocenters. The zero-order chi connectivity index (χ0) is 18.3. The third kappa shape index (κ3) is 2.79. The number of aromatic nitrogens is 1. The van der Waals surface area contributed by atoms with Crippen molar-refractivity contribution in [2.75, 3.05) is 7.11 Å². The van der Waals surface area contributed by atoms with E-state index < -0.39 is 0 Å². The number of para-hydroxylation sites is 1. The van der Waals surface area contributed by atoms with Crippen LogP contribution in [0, 0.1) is 0 Å². The van der Waals surface area contributed by atoms with E-state index in [1.807, 2.05) is 66.2 Å². The van der Waals surface area contributed by atoms with Crippen molar-refractivity contribution in [3.8, 4) is 5.75 Å². The largest absolute Gasteiger partial charge is 0.496 e. The third-order valence-corrected chi connectivity index (χ3v) is 5.67.